The highest BCUT2D eigenvalue weighted by atomic mass is 19.4. The summed E-state index contributed by atoms with van der Waals surface area (Å²) in [7, 11) is 1.59. The molecule has 10 heteroatoms. The number of allylic oxidation sites excluding steroid dienone is 1. The van der Waals surface area contributed by atoms with Crippen molar-refractivity contribution in [1.82, 2.24) is 0 Å². The van der Waals surface area contributed by atoms with Crippen molar-refractivity contribution >= 4 is 23.3 Å². The van der Waals surface area contributed by atoms with E-state index in [1.54, 1.807) is 44.4 Å². The Hall–Kier alpha value is -2.88. The number of nitrogens with one attached hydrogen (secondary N) is 1. The van der Waals surface area contributed by atoms with E-state index in [4.69, 9.17) is 20.4 Å². The van der Waals surface area contributed by atoms with Crippen LogP contribution in [0.1, 0.15) is 33.1 Å². The largest absolute Gasteiger partial charge is 0.497 e. The van der Waals surface area contributed by atoms with Gasteiger partial charge in [-0.25, -0.2) is 4.79 Å². The lowest BCUT2D eigenvalue weighted by Gasteiger charge is -2.12. The highest BCUT2D eigenvalue weighted by Crippen LogP contribution is 2.17. The van der Waals surface area contributed by atoms with Crippen LogP contribution in [0.5, 0.6) is 5.75 Å². The van der Waals surface area contributed by atoms with Gasteiger partial charge in [0, 0.05) is 12.1 Å². The molecule has 2 atom stereocenters. The fourth-order valence-electron chi connectivity index (χ4n) is 2.16. The van der Waals surface area contributed by atoms with Gasteiger partial charge in [0.05, 0.1) is 13.2 Å². The van der Waals surface area contributed by atoms with E-state index in [1.165, 1.54) is 6.08 Å². The summed E-state index contributed by atoms with van der Waals surface area (Å²) in [5, 5.41) is 9.90. The van der Waals surface area contributed by atoms with Gasteiger partial charge >= 0.3 is 12.1 Å². The second-order valence-corrected chi connectivity index (χ2v) is 6.39. The van der Waals surface area contributed by atoms with Crippen LogP contribution in [0.3, 0.4) is 0 Å². The molecule has 0 aromatic heterocycles. The third-order valence-electron chi connectivity index (χ3n) is 3.75. The molecular weight excluding hydrogens is 405 g/mol. The van der Waals surface area contributed by atoms with Crippen molar-refractivity contribution in [2.45, 2.75) is 45.3 Å². The molecule has 1 rings (SSSR count). The molecule has 0 fully saturated rings. The molecule has 4 N–H and O–H groups in total. The first-order valence-electron chi connectivity index (χ1n) is 9.12. The third-order valence-corrected chi connectivity index (χ3v) is 3.75. The number of carboxylic acid groups (broad SMARTS) is 1. The van der Waals surface area contributed by atoms with Crippen molar-refractivity contribution in [3.8, 4) is 5.75 Å². The van der Waals surface area contributed by atoms with Gasteiger partial charge in [0.2, 0.25) is 5.91 Å². The van der Waals surface area contributed by atoms with Crippen LogP contribution < -0.4 is 15.8 Å². The summed E-state index contributed by atoms with van der Waals surface area (Å²) < 4.78 is 36.8. The molecule has 0 aliphatic heterocycles. The maximum atomic E-state index is 12.0. The molecule has 0 saturated carbocycles. The van der Waals surface area contributed by atoms with E-state index in [1.807, 2.05) is 0 Å². The van der Waals surface area contributed by atoms with Crippen LogP contribution in [0.25, 0.3) is 0 Å². The Kier molecular flexibility index (Phi) is 12.1. The quantitative estimate of drug-likeness (QED) is 0.514. The van der Waals surface area contributed by atoms with E-state index in [-0.39, 0.29) is 17.6 Å². The first kappa shape index (κ1) is 27.1. The fourth-order valence-corrected chi connectivity index (χ4v) is 2.16. The lowest BCUT2D eigenvalue weighted by atomic mass is 9.94. The molecule has 168 valence electrons. The van der Waals surface area contributed by atoms with Gasteiger partial charge in [-0.2, -0.15) is 13.2 Å². The molecule has 1 amide bonds. The lowest BCUT2D eigenvalue weighted by molar-refractivity contribution is -0.192. The van der Waals surface area contributed by atoms with Gasteiger partial charge in [-0.05, 0) is 49.6 Å². The van der Waals surface area contributed by atoms with Crippen molar-refractivity contribution in [2.24, 2.45) is 11.7 Å². The number of hydrogen-bond donors (Lipinski definition) is 3. The average molecular weight is 432 g/mol. The Balaban J connectivity index is 0.00000103. The van der Waals surface area contributed by atoms with Crippen LogP contribution in [-0.4, -0.2) is 42.1 Å². The van der Waals surface area contributed by atoms with Crippen molar-refractivity contribution in [3.05, 3.63) is 36.4 Å². The Morgan fingerprint density at radius 3 is 2.17 bits per heavy atom. The van der Waals surface area contributed by atoms with Crippen LogP contribution in [-0.2, 0) is 14.4 Å². The third kappa shape index (κ3) is 11.8. The number of halogens is 3. The number of rotatable bonds is 9. The Morgan fingerprint density at radius 1 is 1.23 bits per heavy atom. The molecule has 0 unspecified atom stereocenters. The number of benzene rings is 1. The summed E-state index contributed by atoms with van der Waals surface area (Å²) >= 11 is 0. The van der Waals surface area contributed by atoms with Gasteiger partial charge in [0.25, 0.3) is 0 Å². The number of carbonyl (C=O) groups is 3. The van der Waals surface area contributed by atoms with E-state index < -0.39 is 18.2 Å². The molecule has 1 aromatic rings. The zero-order valence-electron chi connectivity index (χ0n) is 17.0. The van der Waals surface area contributed by atoms with E-state index in [2.05, 4.69) is 12.2 Å². The molecule has 0 aliphatic rings. The topological polar surface area (TPSA) is 119 Å². The average Bonchev–Trinajstić information content (AvgIpc) is 2.66. The van der Waals surface area contributed by atoms with Crippen LogP contribution in [0.4, 0.5) is 18.9 Å². The van der Waals surface area contributed by atoms with Gasteiger partial charge < -0.3 is 20.9 Å². The minimum Gasteiger partial charge on any atom is -0.497 e. The predicted octanol–water partition coefficient (Wildman–Crippen LogP) is 3.55. The molecule has 7 nitrogen and oxygen atoms in total. The number of carbonyl (C=O) groups excluding carboxylic acids is 2. The Labute approximate surface area is 173 Å². The van der Waals surface area contributed by atoms with Crippen molar-refractivity contribution in [2.75, 3.05) is 12.4 Å². The number of Topliss-reactive ketones (excluding diaryl/α,β-unsaturated/α-hetero) is 1. The summed E-state index contributed by atoms with van der Waals surface area (Å²) in [6.45, 7) is 3.74. The summed E-state index contributed by atoms with van der Waals surface area (Å²) in [4.78, 5) is 32.6. The van der Waals surface area contributed by atoms with Crippen LogP contribution in [0.15, 0.2) is 36.4 Å². The van der Waals surface area contributed by atoms with Crippen LogP contribution in [0.2, 0.25) is 0 Å². The number of nitrogens with two attached hydrogens (primary N) is 1. The molecule has 0 bridgehead atoms. The number of carboxylic acids is 1. The van der Waals surface area contributed by atoms with E-state index >= 15 is 0 Å². The normalized spacial score (nSPS) is 13.0. The lowest BCUT2D eigenvalue weighted by Crippen LogP contribution is -2.28. The molecular formula is C20H27F3N2O5. The van der Waals surface area contributed by atoms with Gasteiger partial charge in [-0.3, -0.25) is 9.59 Å². The minimum atomic E-state index is -5.08. The summed E-state index contributed by atoms with van der Waals surface area (Å²) in [6, 6.07) is 6.64. The molecule has 0 spiro atoms. The van der Waals surface area contributed by atoms with Crippen molar-refractivity contribution in [1.29, 1.82) is 0 Å². The molecule has 30 heavy (non-hydrogen) atoms. The first-order chi connectivity index (χ1) is 13.9. The standard InChI is InChI=1S/C18H26N2O3.C2HF3O2/c1-4-5-14(12-17(21)13(2)19)6-11-18(22)20-15-7-9-16(23-3)10-8-15;3-2(4,5)1(6)7/h6-11,13-14H,4-5,12,19H2,1-3H3,(H,20,22);(H,6,7)/b11-6+;/t13-,14-;/m0./s1. The number of alkyl halides is 3. The first-order valence-corrected chi connectivity index (χ1v) is 9.12. The number of methoxy groups -OCH3 is 1. The zero-order chi connectivity index (χ0) is 23.3. The highest BCUT2D eigenvalue weighted by molar-refractivity contribution is 5.99. The number of aliphatic carboxylic acids is 1. The fraction of sp³-hybridized carbons (Fsp3) is 0.450. The summed E-state index contributed by atoms with van der Waals surface area (Å²) in [5.41, 5.74) is 6.29. The number of ketones is 1. The Bertz CT molecular complexity index is 716. The molecule has 1 aromatic carbocycles. The molecule has 0 saturated heterocycles. The maximum absolute atomic E-state index is 12.0. The van der Waals surface area contributed by atoms with Crippen molar-refractivity contribution in [3.63, 3.8) is 0 Å². The monoisotopic (exact) mass is 432 g/mol. The smallest absolute Gasteiger partial charge is 0.490 e. The van der Waals surface area contributed by atoms with Crippen molar-refractivity contribution < 1.29 is 37.4 Å². The number of hydrogen-bond acceptors (Lipinski definition) is 5. The van der Waals surface area contributed by atoms with Gasteiger partial charge in [-0.15, -0.1) is 0 Å². The van der Waals surface area contributed by atoms with Crippen LogP contribution >= 0.6 is 0 Å². The number of amides is 1. The number of anilines is 1. The summed E-state index contributed by atoms with van der Waals surface area (Å²) in [5.74, 6) is -2.18. The van der Waals surface area contributed by atoms with Gasteiger partial charge in [-0.1, -0.05) is 19.4 Å². The minimum absolute atomic E-state index is 0.0173. The van der Waals surface area contributed by atoms with Crippen LogP contribution in [0, 0.1) is 5.92 Å². The highest BCUT2D eigenvalue weighted by Gasteiger charge is 2.38. The maximum Gasteiger partial charge on any atom is 0.490 e. The second kappa shape index (κ2) is 13.4. The SMILES string of the molecule is CCC[C@@H](/C=C/C(=O)Nc1ccc(OC)cc1)CC(=O)[C@H](C)N.O=C(O)C(F)(F)F. The molecule has 0 radical (unpaired) electrons. The molecule has 0 aliphatic carbocycles. The Morgan fingerprint density at radius 2 is 1.77 bits per heavy atom. The zero-order valence-corrected chi connectivity index (χ0v) is 17.0. The van der Waals surface area contributed by atoms with Gasteiger partial charge in [0.1, 0.15) is 11.5 Å². The summed E-state index contributed by atoms with van der Waals surface area (Å²) in [6.07, 6.45) is 0.367. The molecule has 0 heterocycles. The van der Waals surface area contributed by atoms with E-state index in [0.717, 1.165) is 18.6 Å². The number of ether oxygens (including phenoxy) is 1. The van der Waals surface area contributed by atoms with Gasteiger partial charge in [0.15, 0.2) is 0 Å². The second-order valence-electron chi connectivity index (χ2n) is 6.39. The van der Waals surface area contributed by atoms with E-state index in [9.17, 15) is 22.8 Å². The van der Waals surface area contributed by atoms with E-state index in [0.29, 0.717) is 12.1 Å². The predicted molar refractivity (Wildman–Crippen MR) is 106 cm³/mol.